The van der Waals surface area contributed by atoms with Gasteiger partial charge in [0.25, 0.3) is 0 Å². The number of hydrogen-bond acceptors (Lipinski definition) is 3. The zero-order valence-corrected chi connectivity index (χ0v) is 11.0. The highest BCUT2D eigenvalue weighted by molar-refractivity contribution is 6.17. The summed E-state index contributed by atoms with van der Waals surface area (Å²) in [7, 11) is 0. The maximum absolute atomic E-state index is 13.4. The number of carbonyl (C=O) groups excluding carboxylic acids is 1. The number of ether oxygens (including phenoxy) is 2. The van der Waals surface area contributed by atoms with Crippen molar-refractivity contribution in [1.29, 1.82) is 0 Å². The van der Waals surface area contributed by atoms with Crippen LogP contribution < -0.4 is 4.74 Å². The third-order valence-corrected chi connectivity index (χ3v) is 3.13. The van der Waals surface area contributed by atoms with Gasteiger partial charge in [-0.3, -0.25) is 4.79 Å². The lowest BCUT2D eigenvalue weighted by atomic mass is 9.99. The molecule has 2 rings (SSSR count). The third kappa shape index (κ3) is 2.58. The fraction of sp³-hybridized carbons (Fsp3) is 0.462. The SMILES string of the molecule is CC(=O)OCC1(C)Cc2cc(F)cc(CCl)c2O1. The highest BCUT2D eigenvalue weighted by atomic mass is 35.5. The van der Waals surface area contributed by atoms with Crippen molar-refractivity contribution in [2.45, 2.75) is 31.7 Å². The first kappa shape index (κ1) is 13.1. The lowest BCUT2D eigenvalue weighted by molar-refractivity contribution is -0.146. The van der Waals surface area contributed by atoms with Gasteiger partial charge in [-0.15, -0.1) is 11.6 Å². The van der Waals surface area contributed by atoms with Gasteiger partial charge in [0.15, 0.2) is 0 Å². The van der Waals surface area contributed by atoms with Crippen LogP contribution in [0.1, 0.15) is 25.0 Å². The minimum Gasteiger partial charge on any atom is -0.483 e. The summed E-state index contributed by atoms with van der Waals surface area (Å²) >= 11 is 5.77. The quantitative estimate of drug-likeness (QED) is 0.627. The molecule has 1 aromatic carbocycles. The van der Waals surface area contributed by atoms with Crippen molar-refractivity contribution in [3.8, 4) is 5.75 Å². The van der Waals surface area contributed by atoms with E-state index in [1.165, 1.54) is 19.1 Å². The number of hydrogen-bond donors (Lipinski definition) is 0. The number of rotatable bonds is 3. The smallest absolute Gasteiger partial charge is 0.302 e. The van der Waals surface area contributed by atoms with Crippen LogP contribution in [0.5, 0.6) is 5.75 Å². The van der Waals surface area contributed by atoms with E-state index in [9.17, 15) is 9.18 Å². The number of alkyl halides is 1. The molecule has 1 atom stereocenters. The van der Waals surface area contributed by atoms with Crippen molar-refractivity contribution in [3.05, 3.63) is 29.1 Å². The first-order chi connectivity index (χ1) is 8.43. The standard InChI is InChI=1S/C13H14ClFO3/c1-8(16)17-7-13(2)5-9-3-11(15)4-10(6-14)12(9)18-13/h3-4H,5-7H2,1-2H3. The molecule has 1 unspecified atom stereocenters. The van der Waals surface area contributed by atoms with Gasteiger partial charge < -0.3 is 9.47 Å². The summed E-state index contributed by atoms with van der Waals surface area (Å²) in [6.45, 7) is 3.31. The van der Waals surface area contributed by atoms with E-state index in [1.54, 1.807) is 0 Å². The van der Waals surface area contributed by atoms with Gasteiger partial charge >= 0.3 is 5.97 Å². The Hall–Kier alpha value is -1.29. The highest BCUT2D eigenvalue weighted by Crippen LogP contribution is 2.39. The normalized spacial score (nSPS) is 21.3. The zero-order chi connectivity index (χ0) is 13.3. The fourth-order valence-corrected chi connectivity index (χ4v) is 2.29. The van der Waals surface area contributed by atoms with Gasteiger partial charge in [-0.2, -0.15) is 0 Å². The Morgan fingerprint density at radius 1 is 1.61 bits per heavy atom. The Labute approximate surface area is 110 Å². The molecule has 18 heavy (non-hydrogen) atoms. The first-order valence-corrected chi connectivity index (χ1v) is 6.16. The van der Waals surface area contributed by atoms with Crippen molar-refractivity contribution in [2.24, 2.45) is 0 Å². The lowest BCUT2D eigenvalue weighted by Crippen LogP contribution is -2.36. The molecule has 0 saturated carbocycles. The predicted molar refractivity (Wildman–Crippen MR) is 65.3 cm³/mol. The molecule has 0 aliphatic carbocycles. The molecule has 1 aliphatic heterocycles. The molecule has 1 aliphatic rings. The van der Waals surface area contributed by atoms with E-state index < -0.39 is 5.60 Å². The Balaban J connectivity index is 2.23. The number of benzene rings is 1. The van der Waals surface area contributed by atoms with E-state index in [0.29, 0.717) is 17.7 Å². The van der Waals surface area contributed by atoms with Crippen LogP contribution in [0.2, 0.25) is 0 Å². The minimum absolute atomic E-state index is 0.139. The van der Waals surface area contributed by atoms with Gasteiger partial charge in [-0.1, -0.05) is 0 Å². The maximum Gasteiger partial charge on any atom is 0.302 e. The fourth-order valence-electron chi connectivity index (χ4n) is 2.09. The van der Waals surface area contributed by atoms with E-state index in [2.05, 4.69) is 0 Å². The molecule has 98 valence electrons. The van der Waals surface area contributed by atoms with E-state index >= 15 is 0 Å². The highest BCUT2D eigenvalue weighted by Gasteiger charge is 2.37. The minimum atomic E-state index is -0.650. The van der Waals surface area contributed by atoms with Gasteiger partial charge in [0, 0.05) is 24.5 Å². The second kappa shape index (κ2) is 4.76. The average molecular weight is 273 g/mol. The lowest BCUT2D eigenvalue weighted by Gasteiger charge is -2.23. The number of carbonyl (C=O) groups is 1. The predicted octanol–water partition coefficient (Wildman–Crippen LogP) is 2.82. The van der Waals surface area contributed by atoms with Crippen LogP contribution in [0.15, 0.2) is 12.1 Å². The van der Waals surface area contributed by atoms with Crippen molar-refractivity contribution in [1.82, 2.24) is 0 Å². The molecule has 0 fully saturated rings. The zero-order valence-electron chi connectivity index (χ0n) is 10.3. The van der Waals surface area contributed by atoms with E-state index in [-0.39, 0.29) is 24.3 Å². The molecule has 0 radical (unpaired) electrons. The summed E-state index contributed by atoms with van der Waals surface area (Å²) in [6.07, 6.45) is 0.497. The summed E-state index contributed by atoms with van der Waals surface area (Å²) in [5.41, 5.74) is 0.737. The number of fused-ring (bicyclic) bond motifs is 1. The van der Waals surface area contributed by atoms with Crippen molar-refractivity contribution in [3.63, 3.8) is 0 Å². The Morgan fingerprint density at radius 3 is 2.94 bits per heavy atom. The van der Waals surface area contributed by atoms with E-state index in [4.69, 9.17) is 21.1 Å². The summed E-state index contributed by atoms with van der Waals surface area (Å²) in [4.78, 5) is 10.8. The van der Waals surface area contributed by atoms with Gasteiger partial charge in [-0.25, -0.2) is 4.39 Å². The van der Waals surface area contributed by atoms with Crippen LogP contribution in [0.3, 0.4) is 0 Å². The van der Waals surface area contributed by atoms with Gasteiger partial charge in [0.05, 0.1) is 5.88 Å². The Morgan fingerprint density at radius 2 is 2.33 bits per heavy atom. The largest absolute Gasteiger partial charge is 0.483 e. The molecule has 1 heterocycles. The van der Waals surface area contributed by atoms with Crippen LogP contribution in [-0.4, -0.2) is 18.2 Å². The van der Waals surface area contributed by atoms with Crippen molar-refractivity contribution >= 4 is 17.6 Å². The first-order valence-electron chi connectivity index (χ1n) is 5.63. The molecule has 3 nitrogen and oxygen atoms in total. The summed E-state index contributed by atoms with van der Waals surface area (Å²) in [5, 5.41) is 0. The number of halogens is 2. The molecular weight excluding hydrogens is 259 g/mol. The molecule has 0 aromatic heterocycles. The van der Waals surface area contributed by atoms with Crippen LogP contribution in [0.4, 0.5) is 4.39 Å². The maximum atomic E-state index is 13.4. The molecule has 5 heteroatoms. The summed E-state index contributed by atoms with van der Waals surface area (Å²) in [6, 6.07) is 2.80. The Bertz CT molecular complexity index is 489. The molecule has 0 spiro atoms. The Kier molecular flexibility index (Phi) is 3.48. The number of esters is 1. The molecule has 0 bridgehead atoms. The average Bonchev–Trinajstić information content (AvgIpc) is 2.62. The third-order valence-electron chi connectivity index (χ3n) is 2.85. The van der Waals surface area contributed by atoms with Gasteiger partial charge in [-0.05, 0) is 19.1 Å². The summed E-state index contributed by atoms with van der Waals surface area (Å²) < 4.78 is 24.1. The second-order valence-corrected chi connectivity index (χ2v) is 4.96. The second-order valence-electron chi connectivity index (χ2n) is 4.70. The molecule has 0 saturated heterocycles. The topological polar surface area (TPSA) is 35.5 Å². The molecule has 0 N–H and O–H groups in total. The van der Waals surface area contributed by atoms with Gasteiger partial charge in [0.2, 0.25) is 0 Å². The molecule has 1 aromatic rings. The van der Waals surface area contributed by atoms with Gasteiger partial charge in [0.1, 0.15) is 23.8 Å². The van der Waals surface area contributed by atoms with Crippen LogP contribution >= 0.6 is 11.6 Å². The summed E-state index contributed by atoms with van der Waals surface area (Å²) in [5.74, 6) is 0.106. The van der Waals surface area contributed by atoms with Crippen molar-refractivity contribution in [2.75, 3.05) is 6.61 Å². The van der Waals surface area contributed by atoms with Crippen LogP contribution in [-0.2, 0) is 21.8 Å². The van der Waals surface area contributed by atoms with Crippen LogP contribution in [0, 0.1) is 5.82 Å². The van der Waals surface area contributed by atoms with E-state index in [0.717, 1.165) is 5.56 Å². The van der Waals surface area contributed by atoms with E-state index in [1.807, 2.05) is 6.92 Å². The van der Waals surface area contributed by atoms with Crippen LogP contribution in [0.25, 0.3) is 0 Å². The molecule has 0 amide bonds. The monoisotopic (exact) mass is 272 g/mol. The van der Waals surface area contributed by atoms with Crippen molar-refractivity contribution < 1.29 is 18.7 Å². The molecular formula is C13H14ClFO3.